The van der Waals surface area contributed by atoms with Crippen LogP contribution in [0, 0.1) is 17.9 Å². The van der Waals surface area contributed by atoms with Crippen molar-refractivity contribution in [2.45, 2.75) is 19.3 Å². The molecule has 30 heavy (non-hydrogen) atoms. The molecule has 2 aromatic carbocycles. The van der Waals surface area contributed by atoms with Crippen LogP contribution < -0.4 is 4.74 Å². The number of allylic oxidation sites excluding steroid dienone is 1. The van der Waals surface area contributed by atoms with Crippen molar-refractivity contribution in [1.29, 1.82) is 0 Å². The minimum atomic E-state index is -0.491. The first-order valence-corrected chi connectivity index (χ1v) is 10.1. The summed E-state index contributed by atoms with van der Waals surface area (Å²) in [5, 5.41) is 7.11. The van der Waals surface area contributed by atoms with Gasteiger partial charge in [-0.2, -0.15) is 4.39 Å². The topological polar surface area (TPSA) is 50.8 Å². The normalized spacial score (nSPS) is 15.0. The Balaban J connectivity index is 1.84. The summed E-state index contributed by atoms with van der Waals surface area (Å²) in [7, 11) is 1.61. The van der Waals surface area contributed by atoms with Crippen LogP contribution in [0.25, 0.3) is 22.0 Å². The fourth-order valence-corrected chi connectivity index (χ4v) is 4.17. The van der Waals surface area contributed by atoms with E-state index < -0.39 is 5.95 Å². The molecule has 0 unspecified atom stereocenters. The van der Waals surface area contributed by atoms with E-state index in [2.05, 4.69) is 21.2 Å². The number of ether oxygens (including phenoxy) is 1. The number of H-pyrrole nitrogens is 1. The first-order chi connectivity index (χ1) is 14.8. The van der Waals surface area contributed by atoms with Crippen LogP contribution in [0.2, 0.25) is 0 Å². The summed E-state index contributed by atoms with van der Waals surface area (Å²) in [6.45, 7) is 0. The predicted molar refractivity (Wildman–Crippen MR) is 115 cm³/mol. The van der Waals surface area contributed by atoms with E-state index in [0.29, 0.717) is 22.7 Å². The SMILES string of the molecule is COc1ccc(/C(=C(\c2[c]cccc2)c2cccc3[nH]nc(F)c23)C2CCC2)cn1. The molecule has 2 heterocycles. The summed E-state index contributed by atoms with van der Waals surface area (Å²) in [5.41, 5.74) is 5.61. The summed E-state index contributed by atoms with van der Waals surface area (Å²) in [5.74, 6) is 0.464. The third-order valence-corrected chi connectivity index (χ3v) is 5.83. The van der Waals surface area contributed by atoms with Gasteiger partial charge < -0.3 is 4.74 Å². The lowest BCUT2D eigenvalue weighted by Crippen LogP contribution is -2.15. The lowest BCUT2D eigenvalue weighted by molar-refractivity contribution is 0.395. The highest BCUT2D eigenvalue weighted by Gasteiger charge is 2.28. The van der Waals surface area contributed by atoms with Crippen molar-refractivity contribution in [3.8, 4) is 5.88 Å². The molecule has 1 aliphatic carbocycles. The first-order valence-electron chi connectivity index (χ1n) is 10.1. The van der Waals surface area contributed by atoms with Crippen molar-refractivity contribution < 1.29 is 9.13 Å². The van der Waals surface area contributed by atoms with Gasteiger partial charge in [0.15, 0.2) is 0 Å². The van der Waals surface area contributed by atoms with Crippen LogP contribution in [0.1, 0.15) is 36.0 Å². The van der Waals surface area contributed by atoms with Crippen LogP contribution in [-0.2, 0) is 0 Å². The molecule has 0 bridgehead atoms. The Bertz CT molecular complexity index is 1210. The second kappa shape index (κ2) is 7.75. The highest BCUT2D eigenvalue weighted by Crippen LogP contribution is 2.46. The molecular weight excluding hydrogens is 377 g/mol. The third kappa shape index (κ3) is 3.16. The predicted octanol–water partition coefficient (Wildman–Crippen LogP) is 5.66. The van der Waals surface area contributed by atoms with Crippen molar-refractivity contribution in [2.75, 3.05) is 7.11 Å². The van der Waals surface area contributed by atoms with Crippen LogP contribution in [-0.4, -0.2) is 22.3 Å². The molecule has 1 radical (unpaired) electrons. The van der Waals surface area contributed by atoms with Crippen LogP contribution in [0.15, 0.2) is 60.8 Å². The second-order valence-corrected chi connectivity index (χ2v) is 7.52. The van der Waals surface area contributed by atoms with Gasteiger partial charge in [0.05, 0.1) is 18.0 Å². The Morgan fingerprint density at radius 3 is 2.70 bits per heavy atom. The highest BCUT2D eigenvalue weighted by atomic mass is 19.1. The molecule has 0 atom stereocenters. The van der Waals surface area contributed by atoms with Crippen molar-refractivity contribution in [3.63, 3.8) is 0 Å². The minimum Gasteiger partial charge on any atom is -0.481 e. The molecule has 1 aliphatic rings. The number of rotatable bonds is 5. The van der Waals surface area contributed by atoms with E-state index in [1.54, 1.807) is 7.11 Å². The van der Waals surface area contributed by atoms with E-state index in [-0.39, 0.29) is 0 Å². The van der Waals surface area contributed by atoms with E-state index in [0.717, 1.165) is 35.1 Å². The van der Waals surface area contributed by atoms with Gasteiger partial charge in [0.25, 0.3) is 0 Å². The molecule has 149 valence electrons. The number of halogens is 1. The summed E-state index contributed by atoms with van der Waals surface area (Å²) in [6, 6.07) is 20.9. The summed E-state index contributed by atoms with van der Waals surface area (Å²) in [4.78, 5) is 4.44. The molecule has 5 rings (SSSR count). The number of nitrogens with one attached hydrogen (secondary N) is 1. The Kier molecular flexibility index (Phi) is 4.79. The summed E-state index contributed by atoms with van der Waals surface area (Å²) < 4.78 is 20.0. The number of benzene rings is 2. The molecule has 5 heteroatoms. The highest BCUT2D eigenvalue weighted by molar-refractivity contribution is 6.06. The zero-order chi connectivity index (χ0) is 20.5. The van der Waals surface area contributed by atoms with E-state index in [1.165, 1.54) is 12.0 Å². The van der Waals surface area contributed by atoms with E-state index in [1.807, 2.05) is 60.8 Å². The summed E-state index contributed by atoms with van der Waals surface area (Å²) >= 11 is 0. The number of hydrogen-bond acceptors (Lipinski definition) is 3. The smallest absolute Gasteiger partial charge is 0.240 e. The van der Waals surface area contributed by atoms with Crippen LogP contribution >= 0.6 is 0 Å². The molecule has 4 nitrogen and oxygen atoms in total. The van der Waals surface area contributed by atoms with E-state index in [9.17, 15) is 4.39 Å². The van der Waals surface area contributed by atoms with Crippen LogP contribution in [0.4, 0.5) is 4.39 Å². The maximum atomic E-state index is 14.7. The molecule has 1 fully saturated rings. The lowest BCUT2D eigenvalue weighted by atomic mass is 9.73. The zero-order valence-corrected chi connectivity index (χ0v) is 16.7. The van der Waals surface area contributed by atoms with Crippen LogP contribution in [0.5, 0.6) is 5.88 Å². The number of pyridine rings is 1. The molecule has 0 aliphatic heterocycles. The molecule has 1 N–H and O–H groups in total. The number of nitrogens with zero attached hydrogens (tertiary/aromatic N) is 2. The molecular formula is C25H21FN3O. The molecule has 4 aromatic rings. The maximum absolute atomic E-state index is 14.7. The molecule has 0 saturated heterocycles. The van der Waals surface area contributed by atoms with Crippen molar-refractivity contribution in [3.05, 3.63) is 89.5 Å². The second-order valence-electron chi connectivity index (χ2n) is 7.52. The zero-order valence-electron chi connectivity index (χ0n) is 16.7. The van der Waals surface area contributed by atoms with Gasteiger partial charge in [-0.1, -0.05) is 42.8 Å². The fraction of sp³-hybridized carbons (Fsp3) is 0.200. The van der Waals surface area contributed by atoms with Gasteiger partial charge in [-0.15, -0.1) is 5.10 Å². The quantitative estimate of drug-likeness (QED) is 0.472. The largest absolute Gasteiger partial charge is 0.481 e. The molecule has 1 saturated carbocycles. The molecule has 0 spiro atoms. The minimum absolute atomic E-state index is 0.383. The number of methoxy groups -OCH3 is 1. The Morgan fingerprint density at radius 1 is 1.13 bits per heavy atom. The maximum Gasteiger partial charge on any atom is 0.240 e. The standard InChI is InChI=1S/C25H21FN3O/c1-30-21-14-13-18(15-27-21)22(16-9-5-10-16)23(17-7-3-2-4-8-17)19-11-6-12-20-24(19)25(26)29-28-20/h2-4,6-7,11-16H,5,9-10H2,1H3,(H,28,29)/b23-22+. The Morgan fingerprint density at radius 2 is 2.03 bits per heavy atom. The third-order valence-electron chi connectivity index (χ3n) is 5.83. The van der Waals surface area contributed by atoms with Crippen LogP contribution in [0.3, 0.4) is 0 Å². The number of aromatic nitrogens is 3. The number of aromatic amines is 1. The van der Waals surface area contributed by atoms with Gasteiger partial charge in [0, 0.05) is 12.3 Å². The van der Waals surface area contributed by atoms with Crippen molar-refractivity contribution in [2.24, 2.45) is 5.92 Å². The Hall–Kier alpha value is -3.47. The first kappa shape index (κ1) is 18.6. The molecule has 2 aromatic heterocycles. The number of hydrogen-bond donors (Lipinski definition) is 1. The monoisotopic (exact) mass is 398 g/mol. The van der Waals surface area contributed by atoms with Gasteiger partial charge in [-0.25, -0.2) is 4.98 Å². The van der Waals surface area contributed by atoms with Crippen molar-refractivity contribution >= 4 is 22.0 Å². The van der Waals surface area contributed by atoms with Crippen molar-refractivity contribution in [1.82, 2.24) is 15.2 Å². The average Bonchev–Trinajstić information content (AvgIpc) is 3.14. The summed E-state index contributed by atoms with van der Waals surface area (Å²) in [6.07, 6.45) is 5.23. The molecule has 0 amide bonds. The van der Waals surface area contributed by atoms with Gasteiger partial charge in [-0.3, -0.25) is 5.10 Å². The van der Waals surface area contributed by atoms with Gasteiger partial charge in [-0.05, 0) is 64.8 Å². The fourth-order valence-electron chi connectivity index (χ4n) is 4.17. The number of fused-ring (bicyclic) bond motifs is 1. The Labute approximate surface area is 174 Å². The lowest BCUT2D eigenvalue weighted by Gasteiger charge is -2.31. The van der Waals surface area contributed by atoms with Gasteiger partial charge in [0.1, 0.15) is 0 Å². The van der Waals surface area contributed by atoms with E-state index >= 15 is 0 Å². The van der Waals surface area contributed by atoms with Gasteiger partial charge >= 0.3 is 0 Å². The van der Waals surface area contributed by atoms with E-state index in [4.69, 9.17) is 4.74 Å². The average molecular weight is 398 g/mol. The van der Waals surface area contributed by atoms with Gasteiger partial charge in [0.2, 0.25) is 11.8 Å².